The van der Waals surface area contributed by atoms with E-state index in [1.54, 1.807) is 31.2 Å². The molecule has 41 heavy (non-hydrogen) atoms. The molecule has 1 saturated carbocycles. The first kappa shape index (κ1) is 30.2. The molecule has 2 amide bonds. The Morgan fingerprint density at radius 2 is 1.44 bits per heavy atom. The van der Waals surface area contributed by atoms with Crippen molar-refractivity contribution in [2.75, 3.05) is 10.8 Å². The number of carbonyl (C=O) groups excluding carboxylic acids is 2. The van der Waals surface area contributed by atoms with Gasteiger partial charge in [0.15, 0.2) is 0 Å². The van der Waals surface area contributed by atoms with Crippen LogP contribution < -0.4 is 9.62 Å². The number of benzene rings is 3. The van der Waals surface area contributed by atoms with Crippen LogP contribution in [-0.2, 0) is 26.2 Å². The molecule has 4 rings (SSSR count). The number of nitrogens with zero attached hydrogens (tertiary/aromatic N) is 2. The summed E-state index contributed by atoms with van der Waals surface area (Å²) in [7, 11) is -4.24. The predicted octanol–water partition coefficient (Wildman–Crippen LogP) is 5.50. The Morgan fingerprint density at radius 1 is 0.878 bits per heavy atom. The van der Waals surface area contributed by atoms with Crippen molar-refractivity contribution in [1.29, 1.82) is 0 Å². The van der Waals surface area contributed by atoms with Crippen LogP contribution in [-0.4, -0.2) is 43.8 Å². The van der Waals surface area contributed by atoms with Gasteiger partial charge >= 0.3 is 0 Å². The minimum Gasteiger partial charge on any atom is -0.352 e. The summed E-state index contributed by atoms with van der Waals surface area (Å²) >= 11 is 0. The van der Waals surface area contributed by atoms with Gasteiger partial charge in [0, 0.05) is 12.6 Å². The fraction of sp³-hybridized carbons (Fsp3) is 0.375. The molecule has 0 radical (unpaired) electrons. The van der Waals surface area contributed by atoms with Gasteiger partial charge in [-0.05, 0) is 75.6 Å². The van der Waals surface area contributed by atoms with Gasteiger partial charge in [-0.2, -0.15) is 0 Å². The Labute approximate surface area is 242 Å². The van der Waals surface area contributed by atoms with Gasteiger partial charge in [-0.3, -0.25) is 13.9 Å². The molecule has 0 saturated heterocycles. The lowest BCUT2D eigenvalue weighted by Gasteiger charge is -2.33. The Kier molecular flexibility index (Phi) is 9.81. The summed E-state index contributed by atoms with van der Waals surface area (Å²) in [6, 6.07) is 18.2. The number of hydrogen-bond acceptors (Lipinski definition) is 4. The third kappa shape index (κ3) is 7.73. The van der Waals surface area contributed by atoms with Crippen LogP contribution in [0.2, 0.25) is 0 Å². The van der Waals surface area contributed by atoms with Crippen molar-refractivity contribution in [2.24, 2.45) is 0 Å². The highest BCUT2D eigenvalue weighted by molar-refractivity contribution is 7.92. The van der Waals surface area contributed by atoms with E-state index in [9.17, 15) is 22.4 Å². The van der Waals surface area contributed by atoms with Crippen LogP contribution in [0.25, 0.3) is 0 Å². The number of amides is 2. The summed E-state index contributed by atoms with van der Waals surface area (Å²) in [6.45, 7) is 5.12. The van der Waals surface area contributed by atoms with Crippen LogP contribution in [0.3, 0.4) is 0 Å². The fourth-order valence-electron chi connectivity index (χ4n) is 5.02. The summed E-state index contributed by atoms with van der Waals surface area (Å²) in [5, 5.41) is 3.10. The molecule has 0 spiro atoms. The second-order valence-corrected chi connectivity index (χ2v) is 12.7. The first-order valence-electron chi connectivity index (χ1n) is 14.0. The van der Waals surface area contributed by atoms with E-state index in [4.69, 9.17) is 0 Å². The Bertz CT molecular complexity index is 1440. The van der Waals surface area contributed by atoms with E-state index < -0.39 is 34.3 Å². The summed E-state index contributed by atoms with van der Waals surface area (Å²) in [4.78, 5) is 28.7. The van der Waals surface area contributed by atoms with Gasteiger partial charge in [0.05, 0.1) is 10.6 Å². The van der Waals surface area contributed by atoms with Gasteiger partial charge in [0.25, 0.3) is 10.0 Å². The van der Waals surface area contributed by atoms with E-state index in [-0.39, 0.29) is 23.4 Å². The molecular formula is C32H38FN3O4S. The number of aryl methyl sites for hydroxylation is 2. The SMILES string of the molecule is Cc1ccc(CN(C(=O)CN(c2ccc(C)cc2)S(=O)(=O)c2ccc(F)cc2)C(C)C(=O)NC2CCCCC2)cc1. The molecule has 0 bridgehead atoms. The minimum atomic E-state index is -4.24. The van der Waals surface area contributed by atoms with E-state index in [1.807, 2.05) is 38.1 Å². The molecule has 1 fully saturated rings. The number of nitrogens with one attached hydrogen (secondary N) is 1. The second kappa shape index (κ2) is 13.3. The highest BCUT2D eigenvalue weighted by Crippen LogP contribution is 2.25. The van der Waals surface area contributed by atoms with Crippen molar-refractivity contribution in [2.45, 2.75) is 76.4 Å². The number of carbonyl (C=O) groups is 2. The summed E-state index contributed by atoms with van der Waals surface area (Å²) in [6.07, 6.45) is 5.07. The molecule has 1 atom stereocenters. The van der Waals surface area contributed by atoms with Crippen molar-refractivity contribution in [3.63, 3.8) is 0 Å². The third-order valence-electron chi connectivity index (χ3n) is 7.59. The van der Waals surface area contributed by atoms with Crippen LogP contribution in [0.4, 0.5) is 10.1 Å². The van der Waals surface area contributed by atoms with Crippen LogP contribution in [0.15, 0.2) is 77.7 Å². The molecule has 218 valence electrons. The third-order valence-corrected chi connectivity index (χ3v) is 9.38. The van der Waals surface area contributed by atoms with Gasteiger partial charge in [0.2, 0.25) is 11.8 Å². The Balaban J connectivity index is 1.66. The summed E-state index contributed by atoms with van der Waals surface area (Å²) in [5.74, 6) is -1.35. The van der Waals surface area contributed by atoms with E-state index in [1.165, 1.54) is 17.0 Å². The lowest BCUT2D eigenvalue weighted by atomic mass is 9.95. The van der Waals surface area contributed by atoms with Crippen molar-refractivity contribution < 1.29 is 22.4 Å². The maximum absolute atomic E-state index is 14.0. The Morgan fingerprint density at radius 3 is 2.02 bits per heavy atom. The average Bonchev–Trinajstić information content (AvgIpc) is 2.96. The maximum Gasteiger partial charge on any atom is 0.264 e. The summed E-state index contributed by atoms with van der Waals surface area (Å²) < 4.78 is 42.2. The molecule has 1 aliphatic rings. The van der Waals surface area contributed by atoms with E-state index in [0.29, 0.717) is 5.69 Å². The quantitative estimate of drug-likeness (QED) is 0.344. The first-order chi connectivity index (χ1) is 19.5. The number of anilines is 1. The van der Waals surface area contributed by atoms with Crippen molar-refractivity contribution in [1.82, 2.24) is 10.2 Å². The molecule has 0 heterocycles. The zero-order chi connectivity index (χ0) is 29.6. The van der Waals surface area contributed by atoms with E-state index in [0.717, 1.165) is 65.2 Å². The molecule has 0 aliphatic heterocycles. The van der Waals surface area contributed by atoms with Gasteiger partial charge in [-0.25, -0.2) is 12.8 Å². The molecule has 1 N–H and O–H groups in total. The molecule has 0 aromatic heterocycles. The van der Waals surface area contributed by atoms with Gasteiger partial charge in [-0.15, -0.1) is 0 Å². The lowest BCUT2D eigenvalue weighted by molar-refractivity contribution is -0.139. The molecule has 1 unspecified atom stereocenters. The van der Waals surface area contributed by atoms with Gasteiger partial charge in [0.1, 0.15) is 18.4 Å². The van der Waals surface area contributed by atoms with Crippen LogP contribution in [0.5, 0.6) is 0 Å². The standard InChI is InChI=1S/C32H38FN3O4S/c1-23-9-13-26(14-10-23)21-35(25(3)32(38)34-28-7-5-4-6-8-28)31(37)22-36(29-17-11-24(2)12-18-29)41(39,40)30-19-15-27(33)16-20-30/h9-20,25,28H,4-8,21-22H2,1-3H3,(H,34,38). The molecular weight excluding hydrogens is 541 g/mol. The van der Waals surface area contributed by atoms with Crippen LogP contribution in [0.1, 0.15) is 55.7 Å². The highest BCUT2D eigenvalue weighted by atomic mass is 32.2. The lowest BCUT2D eigenvalue weighted by Crippen LogP contribution is -2.53. The van der Waals surface area contributed by atoms with Crippen molar-refractivity contribution in [3.8, 4) is 0 Å². The van der Waals surface area contributed by atoms with E-state index in [2.05, 4.69) is 5.32 Å². The number of rotatable bonds is 10. The molecule has 3 aromatic carbocycles. The predicted molar refractivity (Wildman–Crippen MR) is 158 cm³/mol. The number of halogens is 1. The minimum absolute atomic E-state index is 0.0675. The fourth-order valence-corrected chi connectivity index (χ4v) is 6.43. The number of hydrogen-bond donors (Lipinski definition) is 1. The summed E-state index contributed by atoms with van der Waals surface area (Å²) in [5.41, 5.74) is 3.10. The monoisotopic (exact) mass is 579 g/mol. The van der Waals surface area contributed by atoms with Crippen molar-refractivity contribution >= 4 is 27.5 Å². The zero-order valence-electron chi connectivity index (χ0n) is 23.8. The van der Waals surface area contributed by atoms with Gasteiger partial charge in [-0.1, -0.05) is 66.8 Å². The number of sulfonamides is 1. The van der Waals surface area contributed by atoms with E-state index >= 15 is 0 Å². The Hall–Kier alpha value is -3.72. The molecule has 1 aliphatic carbocycles. The first-order valence-corrected chi connectivity index (χ1v) is 15.5. The smallest absolute Gasteiger partial charge is 0.264 e. The zero-order valence-corrected chi connectivity index (χ0v) is 24.7. The normalized spacial score (nSPS) is 14.7. The second-order valence-electron chi connectivity index (χ2n) is 10.8. The highest BCUT2D eigenvalue weighted by Gasteiger charge is 2.33. The van der Waals surface area contributed by atoms with Crippen LogP contribution >= 0.6 is 0 Å². The topological polar surface area (TPSA) is 86.8 Å². The molecule has 3 aromatic rings. The molecule has 9 heteroatoms. The van der Waals surface area contributed by atoms with Gasteiger partial charge < -0.3 is 10.2 Å². The van der Waals surface area contributed by atoms with Crippen molar-refractivity contribution in [3.05, 3.63) is 95.3 Å². The largest absolute Gasteiger partial charge is 0.352 e. The average molecular weight is 580 g/mol. The van der Waals surface area contributed by atoms with Crippen LogP contribution in [0, 0.1) is 19.7 Å². The maximum atomic E-state index is 14.0. The molecule has 7 nitrogen and oxygen atoms in total.